The first-order valence-corrected chi connectivity index (χ1v) is 8.40. The van der Waals surface area contributed by atoms with Gasteiger partial charge in [0.2, 0.25) is 0 Å². The molecule has 0 aliphatic carbocycles. The Labute approximate surface area is 145 Å². The van der Waals surface area contributed by atoms with Gasteiger partial charge in [-0.2, -0.15) is 0 Å². The molecular formula is C19H18N2O2S. The molecule has 1 saturated heterocycles. The first-order chi connectivity index (χ1) is 11.4. The third-order valence-corrected chi connectivity index (χ3v) is 5.06. The van der Waals surface area contributed by atoms with Crippen LogP contribution in [0, 0.1) is 13.8 Å². The van der Waals surface area contributed by atoms with Crippen molar-refractivity contribution in [2.75, 3.05) is 10.6 Å². The van der Waals surface area contributed by atoms with E-state index < -0.39 is 0 Å². The number of anilines is 2. The topological polar surface area (TPSA) is 63.4 Å². The summed E-state index contributed by atoms with van der Waals surface area (Å²) in [5.41, 5.74) is 10.7. The Kier molecular flexibility index (Phi) is 4.20. The van der Waals surface area contributed by atoms with Crippen LogP contribution in [0.15, 0.2) is 47.4 Å². The van der Waals surface area contributed by atoms with Crippen molar-refractivity contribution in [3.63, 3.8) is 0 Å². The second-order valence-corrected chi connectivity index (χ2v) is 6.84. The Morgan fingerprint density at radius 2 is 1.83 bits per heavy atom. The monoisotopic (exact) mass is 338 g/mol. The smallest absolute Gasteiger partial charge is 0.298 e. The van der Waals surface area contributed by atoms with Crippen molar-refractivity contribution in [1.82, 2.24) is 0 Å². The lowest BCUT2D eigenvalue weighted by atomic mass is 10.1. The van der Waals surface area contributed by atoms with E-state index in [2.05, 4.69) is 0 Å². The minimum absolute atomic E-state index is 0.273. The van der Waals surface area contributed by atoms with E-state index in [9.17, 15) is 9.59 Å². The number of hydrogen-bond donors (Lipinski definition) is 1. The van der Waals surface area contributed by atoms with Gasteiger partial charge in [0, 0.05) is 5.69 Å². The van der Waals surface area contributed by atoms with E-state index >= 15 is 0 Å². The summed E-state index contributed by atoms with van der Waals surface area (Å²) in [7, 11) is 0. The van der Waals surface area contributed by atoms with Crippen LogP contribution in [0.3, 0.4) is 0 Å². The van der Waals surface area contributed by atoms with Crippen LogP contribution in [-0.4, -0.2) is 11.1 Å². The standard InChI is InChI=1S/C19H18N2O2S/c1-11-7-8-16(12(2)9-11)21-18(22)17(24-19(21)23)13(3)14-5-4-6-15(20)10-14/h4-10H,20H2,1-3H3/b17-13-. The van der Waals surface area contributed by atoms with Crippen LogP contribution in [0.25, 0.3) is 5.57 Å². The zero-order chi connectivity index (χ0) is 17.4. The molecular weight excluding hydrogens is 320 g/mol. The van der Waals surface area contributed by atoms with E-state index in [-0.39, 0.29) is 11.1 Å². The molecule has 0 aromatic heterocycles. The molecule has 1 aliphatic heterocycles. The molecule has 0 radical (unpaired) electrons. The van der Waals surface area contributed by atoms with Gasteiger partial charge in [-0.05, 0) is 67.4 Å². The van der Waals surface area contributed by atoms with E-state index in [0.717, 1.165) is 34.0 Å². The largest absolute Gasteiger partial charge is 0.399 e. The summed E-state index contributed by atoms with van der Waals surface area (Å²) >= 11 is 0.975. The maximum atomic E-state index is 12.8. The van der Waals surface area contributed by atoms with Crippen molar-refractivity contribution in [2.24, 2.45) is 0 Å². The number of thioether (sulfide) groups is 1. The summed E-state index contributed by atoms with van der Waals surface area (Å²) in [6, 6.07) is 13.0. The third kappa shape index (κ3) is 2.83. The van der Waals surface area contributed by atoms with Crippen LogP contribution in [0.2, 0.25) is 0 Å². The number of nitrogens with two attached hydrogens (primary N) is 1. The molecule has 2 aromatic rings. The summed E-state index contributed by atoms with van der Waals surface area (Å²) < 4.78 is 0. The fourth-order valence-corrected chi connectivity index (χ4v) is 3.66. The van der Waals surface area contributed by atoms with E-state index in [1.54, 1.807) is 12.1 Å². The summed E-state index contributed by atoms with van der Waals surface area (Å²) in [6.07, 6.45) is 0. The van der Waals surface area contributed by atoms with Crippen molar-refractivity contribution >= 4 is 39.9 Å². The molecule has 5 heteroatoms. The second kappa shape index (κ2) is 6.17. The number of nitrogens with zero attached hydrogens (tertiary/aromatic N) is 1. The van der Waals surface area contributed by atoms with Crippen molar-refractivity contribution in [3.8, 4) is 0 Å². The Balaban J connectivity index is 2.04. The molecule has 2 amide bonds. The van der Waals surface area contributed by atoms with Gasteiger partial charge in [-0.15, -0.1) is 0 Å². The van der Waals surface area contributed by atoms with Crippen molar-refractivity contribution in [3.05, 3.63) is 64.1 Å². The lowest BCUT2D eigenvalue weighted by Gasteiger charge is -2.16. The average molecular weight is 338 g/mol. The Hall–Kier alpha value is -2.53. The highest BCUT2D eigenvalue weighted by Crippen LogP contribution is 2.40. The number of hydrogen-bond acceptors (Lipinski definition) is 4. The highest BCUT2D eigenvalue weighted by molar-refractivity contribution is 8.19. The molecule has 122 valence electrons. The van der Waals surface area contributed by atoms with E-state index in [0.29, 0.717) is 16.3 Å². The van der Waals surface area contributed by atoms with Crippen LogP contribution in [0.5, 0.6) is 0 Å². The number of amides is 2. The fraction of sp³-hybridized carbons (Fsp3) is 0.158. The molecule has 4 nitrogen and oxygen atoms in total. The Morgan fingerprint density at radius 1 is 1.08 bits per heavy atom. The van der Waals surface area contributed by atoms with Crippen LogP contribution >= 0.6 is 11.8 Å². The van der Waals surface area contributed by atoms with Gasteiger partial charge < -0.3 is 5.73 Å². The summed E-state index contributed by atoms with van der Waals surface area (Å²) in [4.78, 5) is 27.0. The van der Waals surface area contributed by atoms with Gasteiger partial charge in [-0.1, -0.05) is 29.8 Å². The van der Waals surface area contributed by atoms with E-state index in [1.165, 1.54) is 4.90 Å². The Morgan fingerprint density at radius 3 is 2.50 bits per heavy atom. The van der Waals surface area contributed by atoms with E-state index in [4.69, 9.17) is 5.73 Å². The fourth-order valence-electron chi connectivity index (χ4n) is 2.77. The van der Waals surface area contributed by atoms with Gasteiger partial charge in [0.25, 0.3) is 11.1 Å². The zero-order valence-corrected chi connectivity index (χ0v) is 14.6. The molecule has 0 spiro atoms. The quantitative estimate of drug-likeness (QED) is 0.646. The van der Waals surface area contributed by atoms with Crippen molar-refractivity contribution in [1.29, 1.82) is 0 Å². The van der Waals surface area contributed by atoms with Gasteiger partial charge in [0.05, 0.1) is 10.6 Å². The lowest BCUT2D eigenvalue weighted by Crippen LogP contribution is -2.28. The van der Waals surface area contributed by atoms with Gasteiger partial charge in [-0.3, -0.25) is 9.59 Å². The Bertz CT molecular complexity index is 887. The number of aryl methyl sites for hydroxylation is 2. The molecule has 0 atom stereocenters. The van der Waals surface area contributed by atoms with Gasteiger partial charge in [0.1, 0.15) is 0 Å². The number of carbonyl (C=O) groups is 2. The summed E-state index contributed by atoms with van der Waals surface area (Å²) in [5, 5.41) is -0.273. The summed E-state index contributed by atoms with van der Waals surface area (Å²) in [5.74, 6) is -0.281. The third-order valence-electron chi connectivity index (χ3n) is 4.02. The second-order valence-electron chi connectivity index (χ2n) is 5.88. The molecule has 1 fully saturated rings. The maximum absolute atomic E-state index is 12.8. The normalized spacial score (nSPS) is 16.7. The van der Waals surface area contributed by atoms with Crippen LogP contribution < -0.4 is 10.6 Å². The average Bonchev–Trinajstić information content (AvgIpc) is 2.82. The number of carbonyl (C=O) groups excluding carboxylic acids is 2. The van der Waals surface area contributed by atoms with Crippen LogP contribution in [0.4, 0.5) is 16.2 Å². The SMILES string of the molecule is C/C(=C1/SC(=O)N(c2ccc(C)cc2C)C1=O)c1cccc(N)c1. The highest BCUT2D eigenvalue weighted by atomic mass is 32.2. The maximum Gasteiger partial charge on any atom is 0.298 e. The number of rotatable bonds is 2. The molecule has 0 saturated carbocycles. The minimum atomic E-state index is -0.281. The molecule has 24 heavy (non-hydrogen) atoms. The lowest BCUT2D eigenvalue weighted by molar-refractivity contribution is -0.113. The predicted octanol–water partition coefficient (Wildman–Crippen LogP) is 4.52. The first-order valence-electron chi connectivity index (χ1n) is 7.59. The molecule has 0 unspecified atom stereocenters. The highest BCUT2D eigenvalue weighted by Gasteiger charge is 2.38. The molecule has 2 aromatic carbocycles. The minimum Gasteiger partial charge on any atom is -0.399 e. The van der Waals surface area contributed by atoms with Gasteiger partial charge >= 0.3 is 0 Å². The first kappa shape index (κ1) is 16.3. The predicted molar refractivity (Wildman–Crippen MR) is 99.8 cm³/mol. The summed E-state index contributed by atoms with van der Waals surface area (Å²) in [6.45, 7) is 5.72. The molecule has 2 N–H and O–H groups in total. The number of benzene rings is 2. The molecule has 0 bridgehead atoms. The van der Waals surface area contributed by atoms with Crippen molar-refractivity contribution < 1.29 is 9.59 Å². The van der Waals surface area contributed by atoms with Crippen LogP contribution in [0.1, 0.15) is 23.6 Å². The van der Waals surface area contributed by atoms with Crippen LogP contribution in [-0.2, 0) is 4.79 Å². The molecule has 3 rings (SSSR count). The van der Waals surface area contributed by atoms with Gasteiger partial charge in [-0.25, -0.2) is 4.90 Å². The zero-order valence-electron chi connectivity index (χ0n) is 13.8. The number of imide groups is 1. The number of allylic oxidation sites excluding steroid dienone is 1. The van der Waals surface area contributed by atoms with E-state index in [1.807, 2.05) is 51.1 Å². The molecule has 1 aliphatic rings. The van der Waals surface area contributed by atoms with Crippen molar-refractivity contribution in [2.45, 2.75) is 20.8 Å². The molecule has 1 heterocycles. The van der Waals surface area contributed by atoms with Gasteiger partial charge in [0.15, 0.2) is 0 Å². The number of nitrogen functional groups attached to an aromatic ring is 1.